The Bertz CT molecular complexity index is 394. The van der Waals surface area contributed by atoms with Gasteiger partial charge in [0.15, 0.2) is 0 Å². The van der Waals surface area contributed by atoms with Gasteiger partial charge in [0.25, 0.3) is 0 Å². The highest BCUT2D eigenvalue weighted by Gasteiger charge is 2.09. The maximum atomic E-state index is 6.06. The Morgan fingerprint density at radius 2 is 2.21 bits per heavy atom. The monoisotopic (exact) mass is 243 g/mol. The average molecular weight is 244 g/mol. The average Bonchev–Trinajstić information content (AvgIpc) is 2.75. The Labute approximate surface area is 96.1 Å². The number of hydrogen-bond acceptors (Lipinski definition) is 3. The van der Waals surface area contributed by atoms with Gasteiger partial charge in [0.2, 0.25) is 0 Å². The van der Waals surface area contributed by atoms with Gasteiger partial charge >= 0.3 is 0 Å². The lowest BCUT2D eigenvalue weighted by Gasteiger charge is -2.06. The summed E-state index contributed by atoms with van der Waals surface area (Å²) in [5, 5.41) is 2.07. The third-order valence-corrected chi connectivity index (χ3v) is 4.22. The molecule has 2 aromatic rings. The number of nitrogens with two attached hydrogens (primary N) is 1. The zero-order valence-corrected chi connectivity index (χ0v) is 9.83. The van der Waals surface area contributed by atoms with Crippen molar-refractivity contribution >= 4 is 34.3 Å². The van der Waals surface area contributed by atoms with Gasteiger partial charge in [0, 0.05) is 22.2 Å². The van der Waals surface area contributed by atoms with Gasteiger partial charge in [-0.05, 0) is 23.6 Å². The van der Waals surface area contributed by atoms with E-state index < -0.39 is 0 Å². The first-order valence-corrected chi connectivity index (χ1v) is 6.36. The van der Waals surface area contributed by atoms with E-state index in [4.69, 9.17) is 17.3 Å². The van der Waals surface area contributed by atoms with Crippen molar-refractivity contribution in [2.75, 3.05) is 0 Å². The van der Waals surface area contributed by atoms with Crippen LogP contribution in [0, 0.1) is 0 Å². The van der Waals surface area contributed by atoms with E-state index in [1.165, 1.54) is 4.88 Å². The van der Waals surface area contributed by atoms with Gasteiger partial charge in [-0.3, -0.25) is 0 Å². The van der Waals surface area contributed by atoms with Crippen LogP contribution in [0.4, 0.5) is 0 Å². The molecule has 74 valence electrons. The highest BCUT2D eigenvalue weighted by molar-refractivity contribution is 7.16. The first-order valence-electron chi connectivity index (χ1n) is 4.29. The molecule has 2 rings (SSSR count). The minimum Gasteiger partial charge on any atom is -0.323 e. The molecule has 0 aliphatic carbocycles. The molecule has 2 heterocycles. The predicted octanol–water partition coefficient (Wildman–Crippen LogP) is 3.71. The molecule has 1 atom stereocenters. The summed E-state index contributed by atoms with van der Waals surface area (Å²) < 4.78 is 0.807. The molecule has 0 amide bonds. The van der Waals surface area contributed by atoms with Gasteiger partial charge in [-0.2, -0.15) is 0 Å². The summed E-state index contributed by atoms with van der Waals surface area (Å²) in [6.45, 7) is 0. The quantitative estimate of drug-likeness (QED) is 0.874. The van der Waals surface area contributed by atoms with E-state index in [2.05, 4.69) is 11.4 Å². The van der Waals surface area contributed by atoms with E-state index in [-0.39, 0.29) is 6.04 Å². The van der Waals surface area contributed by atoms with Crippen LogP contribution in [-0.4, -0.2) is 0 Å². The summed E-state index contributed by atoms with van der Waals surface area (Å²) in [7, 11) is 0. The van der Waals surface area contributed by atoms with Crippen LogP contribution in [0.1, 0.15) is 15.8 Å². The van der Waals surface area contributed by atoms with Crippen LogP contribution in [-0.2, 0) is 6.42 Å². The van der Waals surface area contributed by atoms with Crippen LogP contribution in [0.15, 0.2) is 29.6 Å². The Hall–Kier alpha value is -0.350. The fraction of sp³-hybridized carbons (Fsp3) is 0.200. The first kappa shape index (κ1) is 10.2. The molecular weight excluding hydrogens is 234 g/mol. The maximum Gasteiger partial charge on any atom is 0.0931 e. The molecule has 14 heavy (non-hydrogen) atoms. The maximum absolute atomic E-state index is 6.06. The lowest BCUT2D eigenvalue weighted by atomic mass is 10.1. The van der Waals surface area contributed by atoms with Crippen molar-refractivity contribution in [2.24, 2.45) is 5.73 Å². The fourth-order valence-electron chi connectivity index (χ4n) is 1.27. The second-order valence-corrected chi connectivity index (χ2v) is 5.81. The zero-order chi connectivity index (χ0) is 9.97. The molecule has 0 aromatic carbocycles. The number of thiophene rings is 2. The van der Waals surface area contributed by atoms with E-state index in [1.807, 2.05) is 18.2 Å². The SMILES string of the molecule is NC(Cc1cccs1)c1ccc(Cl)s1. The van der Waals surface area contributed by atoms with Crippen LogP contribution >= 0.6 is 34.3 Å². The van der Waals surface area contributed by atoms with E-state index in [0.717, 1.165) is 15.6 Å². The van der Waals surface area contributed by atoms with Crippen molar-refractivity contribution in [1.29, 1.82) is 0 Å². The molecule has 0 saturated carbocycles. The van der Waals surface area contributed by atoms with Gasteiger partial charge in [0.05, 0.1) is 4.34 Å². The molecule has 0 bridgehead atoms. The third kappa shape index (κ3) is 2.36. The van der Waals surface area contributed by atoms with E-state index in [0.29, 0.717) is 0 Å². The second kappa shape index (κ2) is 4.45. The molecule has 1 unspecified atom stereocenters. The summed E-state index contributed by atoms with van der Waals surface area (Å²) in [6, 6.07) is 8.14. The summed E-state index contributed by atoms with van der Waals surface area (Å²) in [5.74, 6) is 0. The molecule has 0 radical (unpaired) electrons. The van der Waals surface area contributed by atoms with Crippen molar-refractivity contribution in [3.8, 4) is 0 Å². The molecule has 2 N–H and O–H groups in total. The standard InChI is InChI=1S/C10H10ClNS2/c11-10-4-3-9(14-10)8(12)6-7-2-1-5-13-7/h1-5,8H,6,12H2. The van der Waals surface area contributed by atoms with E-state index in [9.17, 15) is 0 Å². The zero-order valence-electron chi connectivity index (χ0n) is 7.44. The van der Waals surface area contributed by atoms with Crippen LogP contribution in [0.5, 0.6) is 0 Å². The normalized spacial score (nSPS) is 13.0. The summed E-state index contributed by atoms with van der Waals surface area (Å²) in [6.07, 6.45) is 0.897. The van der Waals surface area contributed by atoms with Crippen molar-refractivity contribution < 1.29 is 0 Å². The van der Waals surface area contributed by atoms with Crippen molar-refractivity contribution in [3.05, 3.63) is 43.7 Å². The second-order valence-electron chi connectivity index (χ2n) is 3.03. The summed E-state index contributed by atoms with van der Waals surface area (Å²) in [4.78, 5) is 2.48. The fourth-order valence-corrected chi connectivity index (χ4v) is 3.10. The van der Waals surface area contributed by atoms with Crippen LogP contribution in [0.2, 0.25) is 4.34 Å². The topological polar surface area (TPSA) is 26.0 Å². The lowest BCUT2D eigenvalue weighted by molar-refractivity contribution is 0.745. The first-order chi connectivity index (χ1) is 6.75. The van der Waals surface area contributed by atoms with E-state index >= 15 is 0 Å². The highest BCUT2D eigenvalue weighted by Crippen LogP contribution is 2.28. The smallest absolute Gasteiger partial charge is 0.0931 e. The van der Waals surface area contributed by atoms with Crippen molar-refractivity contribution in [2.45, 2.75) is 12.5 Å². The third-order valence-electron chi connectivity index (χ3n) is 1.96. The molecule has 0 aliphatic rings. The van der Waals surface area contributed by atoms with Gasteiger partial charge < -0.3 is 5.73 Å². The minimum absolute atomic E-state index is 0.0751. The Kier molecular flexibility index (Phi) is 3.23. The number of rotatable bonds is 3. The molecule has 0 spiro atoms. The largest absolute Gasteiger partial charge is 0.323 e. The Morgan fingerprint density at radius 3 is 2.79 bits per heavy atom. The number of hydrogen-bond donors (Lipinski definition) is 1. The van der Waals surface area contributed by atoms with Crippen molar-refractivity contribution in [3.63, 3.8) is 0 Å². The molecule has 0 aliphatic heterocycles. The molecule has 2 aromatic heterocycles. The van der Waals surface area contributed by atoms with Crippen LogP contribution in [0.3, 0.4) is 0 Å². The van der Waals surface area contributed by atoms with Gasteiger partial charge in [-0.25, -0.2) is 0 Å². The predicted molar refractivity (Wildman–Crippen MR) is 64.3 cm³/mol. The number of halogens is 1. The van der Waals surface area contributed by atoms with Gasteiger partial charge in [0.1, 0.15) is 0 Å². The molecule has 0 saturated heterocycles. The Morgan fingerprint density at radius 1 is 1.36 bits per heavy atom. The molecule has 4 heteroatoms. The summed E-state index contributed by atoms with van der Waals surface area (Å²) >= 11 is 9.16. The van der Waals surface area contributed by atoms with E-state index in [1.54, 1.807) is 22.7 Å². The minimum atomic E-state index is 0.0751. The van der Waals surface area contributed by atoms with Gasteiger partial charge in [-0.1, -0.05) is 17.7 Å². The lowest BCUT2D eigenvalue weighted by Crippen LogP contribution is -2.10. The van der Waals surface area contributed by atoms with Crippen LogP contribution < -0.4 is 5.73 Å². The van der Waals surface area contributed by atoms with Crippen molar-refractivity contribution in [1.82, 2.24) is 0 Å². The molecular formula is C10H10ClNS2. The Balaban J connectivity index is 2.06. The molecule has 1 nitrogen and oxygen atoms in total. The molecule has 0 fully saturated rings. The van der Waals surface area contributed by atoms with Gasteiger partial charge in [-0.15, -0.1) is 22.7 Å². The highest BCUT2D eigenvalue weighted by atomic mass is 35.5. The summed E-state index contributed by atoms with van der Waals surface area (Å²) in [5.41, 5.74) is 6.06. The van der Waals surface area contributed by atoms with Crippen LogP contribution in [0.25, 0.3) is 0 Å².